The monoisotopic (exact) mass is 262 g/mol. The lowest BCUT2D eigenvalue weighted by Gasteiger charge is -2.37. The van der Waals surface area contributed by atoms with E-state index in [4.69, 9.17) is 10.5 Å². The minimum Gasteiger partial charge on any atom is -0.381 e. The number of nitrogens with two attached hydrogens (primary N) is 1. The molecule has 2 fully saturated rings. The molecule has 4 heteroatoms. The zero-order valence-corrected chi connectivity index (χ0v) is 12.0. The maximum atomic E-state index is 6.14. The highest BCUT2D eigenvalue weighted by Gasteiger charge is 2.34. The van der Waals surface area contributed by atoms with Crippen LogP contribution in [-0.2, 0) is 4.74 Å². The number of rotatable bonds is 3. The molecule has 2 N–H and O–H groups in total. The highest BCUT2D eigenvalue weighted by molar-refractivity contribution is 5.85. The van der Waals surface area contributed by atoms with Crippen LogP contribution in [0, 0.1) is 5.92 Å². The standard InChI is InChI=1S/C13H26N2O.ClH/c1-13(2,14)10-15-7-3-4-12(15)11-5-8-16-9-6-11;/h11-12H,3-10,14H2,1-2H3;1H. The molecule has 2 saturated heterocycles. The normalized spacial score (nSPS) is 28.1. The fraction of sp³-hybridized carbons (Fsp3) is 1.00. The molecule has 2 aliphatic rings. The van der Waals surface area contributed by atoms with Gasteiger partial charge in [0, 0.05) is 31.3 Å². The van der Waals surface area contributed by atoms with Crippen molar-refractivity contribution in [2.24, 2.45) is 11.7 Å². The summed E-state index contributed by atoms with van der Waals surface area (Å²) in [6.07, 6.45) is 5.19. The Bertz CT molecular complexity index is 224. The quantitative estimate of drug-likeness (QED) is 0.846. The Morgan fingerprint density at radius 1 is 1.24 bits per heavy atom. The van der Waals surface area contributed by atoms with Crippen LogP contribution in [-0.4, -0.2) is 42.8 Å². The molecule has 2 heterocycles. The van der Waals surface area contributed by atoms with Gasteiger partial charge in [-0.25, -0.2) is 0 Å². The average molecular weight is 263 g/mol. The fourth-order valence-corrected chi connectivity index (χ4v) is 3.21. The van der Waals surface area contributed by atoms with E-state index in [0.29, 0.717) is 0 Å². The molecule has 2 aliphatic heterocycles. The first-order chi connectivity index (χ1) is 7.56. The van der Waals surface area contributed by atoms with Gasteiger partial charge in [-0.15, -0.1) is 12.4 Å². The zero-order valence-electron chi connectivity index (χ0n) is 11.2. The van der Waals surface area contributed by atoms with Gasteiger partial charge in [0.15, 0.2) is 0 Å². The van der Waals surface area contributed by atoms with Gasteiger partial charge in [-0.1, -0.05) is 0 Å². The second-order valence-electron chi connectivity index (χ2n) is 6.12. The molecular weight excluding hydrogens is 236 g/mol. The Hall–Kier alpha value is 0.170. The largest absolute Gasteiger partial charge is 0.381 e. The molecule has 0 bridgehead atoms. The number of hydrogen-bond acceptors (Lipinski definition) is 3. The van der Waals surface area contributed by atoms with Crippen LogP contribution >= 0.6 is 12.4 Å². The summed E-state index contributed by atoms with van der Waals surface area (Å²) in [7, 11) is 0. The van der Waals surface area contributed by atoms with Crippen molar-refractivity contribution < 1.29 is 4.74 Å². The lowest BCUT2D eigenvalue weighted by molar-refractivity contribution is 0.0328. The van der Waals surface area contributed by atoms with E-state index in [9.17, 15) is 0 Å². The molecule has 1 atom stereocenters. The van der Waals surface area contributed by atoms with Crippen LogP contribution in [0.5, 0.6) is 0 Å². The van der Waals surface area contributed by atoms with Crippen LogP contribution < -0.4 is 5.73 Å². The van der Waals surface area contributed by atoms with Crippen molar-refractivity contribution in [1.82, 2.24) is 4.90 Å². The third kappa shape index (κ3) is 4.40. The van der Waals surface area contributed by atoms with Gasteiger partial charge in [0.05, 0.1) is 0 Å². The molecule has 17 heavy (non-hydrogen) atoms. The van der Waals surface area contributed by atoms with E-state index in [-0.39, 0.29) is 17.9 Å². The minimum atomic E-state index is -0.0617. The highest BCUT2D eigenvalue weighted by atomic mass is 35.5. The van der Waals surface area contributed by atoms with Crippen LogP contribution in [0.2, 0.25) is 0 Å². The van der Waals surface area contributed by atoms with E-state index in [1.165, 1.54) is 32.2 Å². The van der Waals surface area contributed by atoms with Gasteiger partial charge in [-0.3, -0.25) is 4.90 Å². The molecule has 0 amide bonds. The molecule has 0 saturated carbocycles. The van der Waals surface area contributed by atoms with E-state index < -0.39 is 0 Å². The predicted molar refractivity (Wildman–Crippen MR) is 73.7 cm³/mol. The SMILES string of the molecule is CC(C)(N)CN1CCCC1C1CCOCC1.Cl. The van der Waals surface area contributed by atoms with Crippen molar-refractivity contribution in [3.63, 3.8) is 0 Å². The first kappa shape index (κ1) is 15.2. The van der Waals surface area contributed by atoms with Crippen molar-refractivity contribution >= 4 is 12.4 Å². The maximum absolute atomic E-state index is 6.14. The Balaban J connectivity index is 0.00000144. The van der Waals surface area contributed by atoms with E-state index in [2.05, 4.69) is 18.7 Å². The van der Waals surface area contributed by atoms with E-state index in [1.54, 1.807) is 0 Å². The molecule has 1 unspecified atom stereocenters. The van der Waals surface area contributed by atoms with E-state index in [0.717, 1.165) is 31.7 Å². The number of ether oxygens (including phenoxy) is 1. The van der Waals surface area contributed by atoms with Crippen LogP contribution in [0.1, 0.15) is 39.5 Å². The summed E-state index contributed by atoms with van der Waals surface area (Å²) in [5.41, 5.74) is 6.08. The van der Waals surface area contributed by atoms with Gasteiger partial charge in [0.1, 0.15) is 0 Å². The third-order valence-electron chi connectivity index (χ3n) is 3.83. The lowest BCUT2D eigenvalue weighted by atomic mass is 9.89. The zero-order chi connectivity index (χ0) is 11.6. The van der Waals surface area contributed by atoms with Gasteiger partial charge in [-0.2, -0.15) is 0 Å². The van der Waals surface area contributed by atoms with E-state index in [1.807, 2.05) is 0 Å². The Morgan fingerprint density at radius 2 is 1.88 bits per heavy atom. The van der Waals surface area contributed by atoms with Crippen LogP contribution in [0.3, 0.4) is 0 Å². The van der Waals surface area contributed by atoms with Gasteiger partial charge in [0.2, 0.25) is 0 Å². The van der Waals surface area contributed by atoms with Crippen LogP contribution in [0.4, 0.5) is 0 Å². The maximum Gasteiger partial charge on any atom is 0.0469 e. The number of halogens is 1. The van der Waals surface area contributed by atoms with Crippen LogP contribution in [0.25, 0.3) is 0 Å². The molecule has 0 spiro atoms. The first-order valence-corrected chi connectivity index (χ1v) is 6.67. The van der Waals surface area contributed by atoms with Crippen molar-refractivity contribution in [3.8, 4) is 0 Å². The second-order valence-corrected chi connectivity index (χ2v) is 6.12. The van der Waals surface area contributed by atoms with Gasteiger partial charge in [0.25, 0.3) is 0 Å². The van der Waals surface area contributed by atoms with Crippen molar-refractivity contribution in [2.75, 3.05) is 26.3 Å². The summed E-state index contributed by atoms with van der Waals surface area (Å²) in [4.78, 5) is 2.62. The third-order valence-corrected chi connectivity index (χ3v) is 3.83. The van der Waals surface area contributed by atoms with Gasteiger partial charge >= 0.3 is 0 Å². The molecule has 2 rings (SSSR count). The number of nitrogens with zero attached hydrogens (tertiary/aromatic N) is 1. The van der Waals surface area contributed by atoms with Crippen LogP contribution in [0.15, 0.2) is 0 Å². The molecule has 3 nitrogen and oxygen atoms in total. The van der Waals surface area contributed by atoms with Gasteiger partial charge < -0.3 is 10.5 Å². The molecule has 0 aliphatic carbocycles. The smallest absolute Gasteiger partial charge is 0.0469 e. The first-order valence-electron chi connectivity index (χ1n) is 6.67. The summed E-state index contributed by atoms with van der Waals surface area (Å²) < 4.78 is 5.45. The number of hydrogen-bond donors (Lipinski definition) is 1. The second kappa shape index (κ2) is 6.37. The number of likely N-dealkylation sites (tertiary alicyclic amines) is 1. The average Bonchev–Trinajstić information content (AvgIpc) is 2.64. The molecule has 0 radical (unpaired) electrons. The van der Waals surface area contributed by atoms with Gasteiger partial charge in [-0.05, 0) is 52.0 Å². The Labute approximate surface area is 111 Å². The minimum absolute atomic E-state index is 0. The summed E-state index contributed by atoms with van der Waals surface area (Å²) >= 11 is 0. The summed E-state index contributed by atoms with van der Waals surface area (Å²) in [6.45, 7) is 8.46. The van der Waals surface area contributed by atoms with E-state index >= 15 is 0 Å². The highest BCUT2D eigenvalue weighted by Crippen LogP contribution is 2.30. The molecule has 0 aromatic carbocycles. The predicted octanol–water partition coefficient (Wildman–Crippen LogP) is 2.04. The molecule has 0 aromatic heterocycles. The lowest BCUT2D eigenvalue weighted by Crippen LogP contribution is -2.49. The van der Waals surface area contributed by atoms with Crippen molar-refractivity contribution in [2.45, 2.75) is 51.1 Å². The van der Waals surface area contributed by atoms with Crippen molar-refractivity contribution in [1.29, 1.82) is 0 Å². The Kier molecular flexibility index (Phi) is 5.71. The summed E-state index contributed by atoms with van der Waals surface area (Å²) in [5, 5.41) is 0. The Morgan fingerprint density at radius 3 is 2.47 bits per heavy atom. The molecule has 102 valence electrons. The molecular formula is C13H27ClN2O. The fourth-order valence-electron chi connectivity index (χ4n) is 3.21. The molecule has 0 aromatic rings. The summed E-state index contributed by atoms with van der Waals surface area (Å²) in [5.74, 6) is 0.846. The topological polar surface area (TPSA) is 38.5 Å². The summed E-state index contributed by atoms with van der Waals surface area (Å²) in [6, 6.07) is 0.770. The van der Waals surface area contributed by atoms with Crippen molar-refractivity contribution in [3.05, 3.63) is 0 Å².